The zero-order valence-corrected chi connectivity index (χ0v) is 17.1. The van der Waals surface area contributed by atoms with E-state index < -0.39 is 5.91 Å². The fraction of sp³-hybridized carbons (Fsp3) is 0.333. The van der Waals surface area contributed by atoms with Crippen molar-refractivity contribution in [1.29, 1.82) is 0 Å². The summed E-state index contributed by atoms with van der Waals surface area (Å²) >= 11 is 1.44. The zero-order chi connectivity index (χ0) is 20.4. The van der Waals surface area contributed by atoms with Gasteiger partial charge >= 0.3 is 0 Å². The normalized spacial score (nSPS) is 12.3. The number of aromatic nitrogens is 2. The average Bonchev–Trinajstić information content (AvgIpc) is 3.20. The molecule has 1 atom stereocenters. The van der Waals surface area contributed by atoms with E-state index in [0.29, 0.717) is 17.8 Å². The first-order valence-corrected chi connectivity index (χ1v) is 10.1. The monoisotopic (exact) mass is 400 g/mol. The molecule has 2 heterocycles. The van der Waals surface area contributed by atoms with Gasteiger partial charge in [-0.25, -0.2) is 4.39 Å². The molecule has 5 nitrogen and oxygen atoms in total. The lowest BCUT2D eigenvalue weighted by Gasteiger charge is -2.19. The lowest BCUT2D eigenvalue weighted by Crippen LogP contribution is -2.20. The standard InChI is InChI=1S/C21H25FN4OS/c1-4-16-18(19-12(2)11-25-26(19)3)17(20(28-16)21(24)27)14(10-23)9-13-5-7-15(22)8-6-13/h5-8,11,14H,4,9-10,23H2,1-3H3,(H2,24,27)/t14-/m1/s1. The minimum Gasteiger partial charge on any atom is -0.365 e. The molecule has 4 N–H and O–H groups in total. The van der Waals surface area contributed by atoms with Crippen LogP contribution in [0.1, 0.15) is 44.1 Å². The molecule has 0 spiro atoms. The number of rotatable bonds is 7. The van der Waals surface area contributed by atoms with Crippen molar-refractivity contribution < 1.29 is 9.18 Å². The number of halogens is 1. The van der Waals surface area contributed by atoms with Crippen LogP contribution in [0.2, 0.25) is 0 Å². The number of hydrogen-bond donors (Lipinski definition) is 2. The summed E-state index contributed by atoms with van der Waals surface area (Å²) < 4.78 is 15.1. The van der Waals surface area contributed by atoms with E-state index in [2.05, 4.69) is 12.0 Å². The van der Waals surface area contributed by atoms with Crippen molar-refractivity contribution in [3.63, 3.8) is 0 Å². The van der Waals surface area contributed by atoms with Gasteiger partial charge in [0.2, 0.25) is 0 Å². The van der Waals surface area contributed by atoms with E-state index in [9.17, 15) is 9.18 Å². The summed E-state index contributed by atoms with van der Waals surface area (Å²) in [6.07, 6.45) is 3.19. The zero-order valence-electron chi connectivity index (χ0n) is 16.3. The van der Waals surface area contributed by atoms with Crippen molar-refractivity contribution in [2.24, 2.45) is 18.5 Å². The lowest BCUT2D eigenvalue weighted by molar-refractivity contribution is 0.100. The number of benzene rings is 1. The van der Waals surface area contributed by atoms with Gasteiger partial charge in [-0.2, -0.15) is 5.10 Å². The molecule has 0 aliphatic rings. The van der Waals surface area contributed by atoms with Gasteiger partial charge < -0.3 is 11.5 Å². The summed E-state index contributed by atoms with van der Waals surface area (Å²) in [5.74, 6) is -0.840. The molecule has 3 rings (SSSR count). The molecule has 0 saturated carbocycles. The van der Waals surface area contributed by atoms with Gasteiger partial charge in [-0.3, -0.25) is 9.48 Å². The predicted octanol–water partition coefficient (Wildman–Crippen LogP) is 3.54. The Balaban J connectivity index is 2.20. The van der Waals surface area contributed by atoms with Crippen LogP contribution in [0.25, 0.3) is 11.3 Å². The highest BCUT2D eigenvalue weighted by Crippen LogP contribution is 2.42. The van der Waals surface area contributed by atoms with E-state index in [0.717, 1.165) is 39.2 Å². The first kappa shape index (κ1) is 20.2. The molecule has 1 amide bonds. The van der Waals surface area contributed by atoms with Crippen LogP contribution in [0.3, 0.4) is 0 Å². The van der Waals surface area contributed by atoms with Crippen molar-refractivity contribution >= 4 is 17.2 Å². The average molecular weight is 401 g/mol. The van der Waals surface area contributed by atoms with E-state index in [1.807, 2.05) is 24.9 Å². The van der Waals surface area contributed by atoms with E-state index in [1.54, 1.807) is 12.1 Å². The number of nitrogens with two attached hydrogens (primary N) is 2. The number of thiophene rings is 1. The largest absolute Gasteiger partial charge is 0.365 e. The fourth-order valence-corrected chi connectivity index (χ4v) is 4.87. The van der Waals surface area contributed by atoms with Crippen molar-refractivity contribution in [2.45, 2.75) is 32.6 Å². The van der Waals surface area contributed by atoms with E-state index in [1.165, 1.54) is 23.5 Å². The van der Waals surface area contributed by atoms with Gasteiger partial charge in [0.05, 0.1) is 16.8 Å². The maximum absolute atomic E-state index is 13.3. The molecule has 0 bridgehead atoms. The third-order valence-corrected chi connectivity index (χ3v) is 6.37. The summed E-state index contributed by atoms with van der Waals surface area (Å²) in [6.45, 7) is 4.42. The molecule has 3 aromatic rings. The number of aryl methyl sites for hydroxylation is 3. The summed E-state index contributed by atoms with van der Waals surface area (Å²) in [5, 5.41) is 4.37. The van der Waals surface area contributed by atoms with Crippen LogP contribution < -0.4 is 11.5 Å². The van der Waals surface area contributed by atoms with Crippen LogP contribution in [-0.2, 0) is 19.9 Å². The second kappa shape index (κ2) is 8.24. The van der Waals surface area contributed by atoms with Crippen molar-refractivity contribution in [3.05, 3.63) is 62.7 Å². The summed E-state index contributed by atoms with van der Waals surface area (Å²) in [5.41, 5.74) is 16.8. The predicted molar refractivity (Wildman–Crippen MR) is 111 cm³/mol. The highest BCUT2D eigenvalue weighted by atomic mass is 32.1. The molecular formula is C21H25FN4OS. The van der Waals surface area contributed by atoms with E-state index in [-0.39, 0.29) is 11.7 Å². The van der Waals surface area contributed by atoms with Crippen LogP contribution in [0.5, 0.6) is 0 Å². The lowest BCUT2D eigenvalue weighted by atomic mass is 9.86. The number of hydrogen-bond acceptors (Lipinski definition) is 4. The molecule has 7 heteroatoms. The smallest absolute Gasteiger partial charge is 0.259 e. The van der Waals surface area contributed by atoms with Crippen molar-refractivity contribution in [1.82, 2.24) is 9.78 Å². The summed E-state index contributed by atoms with van der Waals surface area (Å²) in [6, 6.07) is 6.39. The first-order valence-electron chi connectivity index (χ1n) is 9.26. The van der Waals surface area contributed by atoms with Gasteiger partial charge in [0, 0.05) is 23.4 Å². The fourth-order valence-electron chi connectivity index (χ4n) is 3.69. The molecule has 0 aliphatic heterocycles. The molecule has 28 heavy (non-hydrogen) atoms. The van der Waals surface area contributed by atoms with Crippen molar-refractivity contribution in [2.75, 3.05) is 6.54 Å². The van der Waals surface area contributed by atoms with E-state index >= 15 is 0 Å². The van der Waals surface area contributed by atoms with Gasteiger partial charge in [0.15, 0.2) is 0 Å². The maximum atomic E-state index is 13.3. The molecular weight excluding hydrogens is 375 g/mol. The quantitative estimate of drug-likeness (QED) is 0.636. The highest BCUT2D eigenvalue weighted by molar-refractivity contribution is 7.14. The second-order valence-electron chi connectivity index (χ2n) is 6.92. The minimum atomic E-state index is -0.446. The van der Waals surface area contributed by atoms with Crippen LogP contribution >= 0.6 is 11.3 Å². The summed E-state index contributed by atoms with van der Waals surface area (Å²) in [4.78, 5) is 13.9. The number of amides is 1. The second-order valence-corrected chi connectivity index (χ2v) is 8.03. The Hall–Kier alpha value is -2.51. The Morgan fingerprint density at radius 2 is 2.00 bits per heavy atom. The number of nitrogens with zero attached hydrogens (tertiary/aromatic N) is 2. The number of primary amides is 1. The molecule has 1 aromatic carbocycles. The summed E-state index contributed by atoms with van der Waals surface area (Å²) in [7, 11) is 1.89. The van der Waals surface area contributed by atoms with Gasteiger partial charge in [-0.05, 0) is 55.1 Å². The molecule has 0 radical (unpaired) electrons. The Labute approximate surface area is 168 Å². The van der Waals surface area contributed by atoms with E-state index in [4.69, 9.17) is 11.5 Å². The topological polar surface area (TPSA) is 86.9 Å². The minimum absolute atomic E-state index is 0.117. The molecule has 2 aromatic heterocycles. The maximum Gasteiger partial charge on any atom is 0.259 e. The molecule has 0 aliphatic carbocycles. The first-order chi connectivity index (χ1) is 13.4. The SMILES string of the molecule is CCc1sc(C(N)=O)c([C@@H](CN)Cc2ccc(F)cc2)c1-c1c(C)cnn1C. The Bertz CT molecular complexity index is 971. The van der Waals surface area contributed by atoms with Gasteiger partial charge in [-0.1, -0.05) is 19.1 Å². The van der Waals surface area contributed by atoms with Gasteiger partial charge in [0.1, 0.15) is 5.82 Å². The number of carbonyl (C=O) groups excluding carboxylic acids is 1. The molecule has 0 saturated heterocycles. The Morgan fingerprint density at radius 1 is 1.32 bits per heavy atom. The molecule has 0 unspecified atom stereocenters. The van der Waals surface area contributed by atoms with Crippen LogP contribution in [0.4, 0.5) is 4.39 Å². The van der Waals surface area contributed by atoms with Crippen molar-refractivity contribution in [3.8, 4) is 11.3 Å². The van der Waals surface area contributed by atoms with Gasteiger partial charge in [-0.15, -0.1) is 11.3 Å². The van der Waals surface area contributed by atoms with Gasteiger partial charge in [0.25, 0.3) is 5.91 Å². The highest BCUT2D eigenvalue weighted by Gasteiger charge is 2.29. The third-order valence-electron chi connectivity index (χ3n) is 5.01. The van der Waals surface area contributed by atoms with Crippen LogP contribution in [-0.4, -0.2) is 22.2 Å². The van der Waals surface area contributed by atoms with Crippen LogP contribution in [0, 0.1) is 12.7 Å². The third kappa shape index (κ3) is 3.72. The Morgan fingerprint density at radius 3 is 2.50 bits per heavy atom. The molecule has 148 valence electrons. The van der Waals surface area contributed by atoms with Crippen LogP contribution in [0.15, 0.2) is 30.5 Å². The Kier molecular flexibility index (Phi) is 5.96. The molecule has 0 fully saturated rings. The number of carbonyl (C=O) groups is 1.